The number of nitrogens with zero attached hydrogens (tertiary/aromatic N) is 2. The number of hydrogen-bond donors (Lipinski definition) is 0. The smallest absolute Gasteiger partial charge is 0.256 e. The second kappa shape index (κ2) is 6.10. The number of fused-ring (bicyclic) bond motifs is 1. The molecule has 0 saturated carbocycles. The summed E-state index contributed by atoms with van der Waals surface area (Å²) in [5, 5.41) is 0.881. The number of ether oxygens (including phenoxy) is 1. The third-order valence-electron chi connectivity index (χ3n) is 2.76. The minimum Gasteiger partial charge on any atom is -0.376 e. The maximum absolute atomic E-state index is 12.5. The molecule has 3 nitrogen and oxygen atoms in total. The fourth-order valence-electron chi connectivity index (χ4n) is 2.00. The molecular weight excluding hydrogens is 250 g/mol. The third-order valence-corrected chi connectivity index (χ3v) is 2.76. The normalized spacial score (nSPS) is 11.9. The van der Waals surface area contributed by atoms with E-state index in [-0.39, 0.29) is 6.54 Å². The van der Waals surface area contributed by atoms with E-state index in [4.69, 9.17) is 4.74 Å². The van der Waals surface area contributed by atoms with Gasteiger partial charge in [0.05, 0.1) is 13.2 Å². The lowest BCUT2D eigenvalue weighted by Gasteiger charge is -2.05. The van der Waals surface area contributed by atoms with Crippen molar-refractivity contribution < 1.29 is 13.5 Å². The number of aromatic nitrogens is 2. The first-order valence-corrected chi connectivity index (χ1v) is 6.36. The highest BCUT2D eigenvalue weighted by molar-refractivity contribution is 5.80. The highest BCUT2D eigenvalue weighted by Gasteiger charge is 2.12. The van der Waals surface area contributed by atoms with Gasteiger partial charge in [-0.1, -0.05) is 13.8 Å². The lowest BCUT2D eigenvalue weighted by molar-refractivity contribution is 0.0973. The highest BCUT2D eigenvalue weighted by Crippen LogP contribution is 2.21. The Labute approximate surface area is 111 Å². The first kappa shape index (κ1) is 13.9. The van der Waals surface area contributed by atoms with E-state index in [0.717, 1.165) is 10.9 Å². The summed E-state index contributed by atoms with van der Waals surface area (Å²) >= 11 is 0. The van der Waals surface area contributed by atoms with Crippen LogP contribution in [0.15, 0.2) is 24.5 Å². The van der Waals surface area contributed by atoms with Crippen LogP contribution >= 0.6 is 0 Å². The van der Waals surface area contributed by atoms with Crippen LogP contribution in [0.5, 0.6) is 0 Å². The van der Waals surface area contributed by atoms with Crippen molar-refractivity contribution >= 4 is 11.0 Å². The Hall–Kier alpha value is -1.49. The summed E-state index contributed by atoms with van der Waals surface area (Å²) < 4.78 is 32.1. The minimum absolute atomic E-state index is 0.336. The molecule has 0 aliphatic heterocycles. The standard InChI is InChI=1S/C14H18F2N2O/c1-10(2)8-19-9-11-6-18(7-13(15)16)14-12(11)4-3-5-17-14/h3-6,10,13H,7-9H2,1-2H3. The van der Waals surface area contributed by atoms with Gasteiger partial charge in [-0.2, -0.15) is 0 Å². The molecule has 0 radical (unpaired) electrons. The van der Waals surface area contributed by atoms with E-state index in [0.29, 0.717) is 24.8 Å². The van der Waals surface area contributed by atoms with E-state index in [1.54, 1.807) is 18.5 Å². The van der Waals surface area contributed by atoms with Gasteiger partial charge in [0.15, 0.2) is 0 Å². The molecule has 0 aliphatic carbocycles. The summed E-state index contributed by atoms with van der Waals surface area (Å²) in [4.78, 5) is 4.17. The molecule has 2 aromatic rings. The van der Waals surface area contributed by atoms with Crippen molar-refractivity contribution in [3.8, 4) is 0 Å². The van der Waals surface area contributed by atoms with Crippen LogP contribution in [0.2, 0.25) is 0 Å². The second-order valence-corrected chi connectivity index (χ2v) is 4.98. The molecule has 5 heteroatoms. The van der Waals surface area contributed by atoms with E-state index in [1.807, 2.05) is 6.07 Å². The maximum atomic E-state index is 12.5. The van der Waals surface area contributed by atoms with E-state index < -0.39 is 6.43 Å². The largest absolute Gasteiger partial charge is 0.376 e. The first-order chi connectivity index (χ1) is 9.08. The maximum Gasteiger partial charge on any atom is 0.256 e. The number of halogens is 2. The van der Waals surface area contributed by atoms with Crippen molar-refractivity contribution in [3.05, 3.63) is 30.1 Å². The Morgan fingerprint density at radius 1 is 1.37 bits per heavy atom. The number of pyridine rings is 1. The van der Waals surface area contributed by atoms with Crippen LogP contribution in [0.3, 0.4) is 0 Å². The average Bonchev–Trinajstić information content (AvgIpc) is 2.67. The predicted molar refractivity (Wildman–Crippen MR) is 70.2 cm³/mol. The Kier molecular flexibility index (Phi) is 4.47. The van der Waals surface area contributed by atoms with Crippen molar-refractivity contribution in [2.24, 2.45) is 5.92 Å². The molecule has 0 bridgehead atoms. The molecule has 0 aliphatic rings. The molecule has 0 saturated heterocycles. The van der Waals surface area contributed by atoms with Crippen LogP contribution in [-0.2, 0) is 17.9 Å². The summed E-state index contributed by atoms with van der Waals surface area (Å²) in [5.74, 6) is 0.451. The molecule has 2 rings (SSSR count). The van der Waals surface area contributed by atoms with E-state index in [9.17, 15) is 8.78 Å². The molecule has 2 heterocycles. The van der Waals surface area contributed by atoms with Crippen molar-refractivity contribution in [1.29, 1.82) is 0 Å². The molecular formula is C14H18F2N2O. The van der Waals surface area contributed by atoms with Crippen LogP contribution in [0.1, 0.15) is 19.4 Å². The van der Waals surface area contributed by atoms with Gasteiger partial charge in [-0.05, 0) is 18.1 Å². The van der Waals surface area contributed by atoms with Crippen molar-refractivity contribution in [2.75, 3.05) is 6.61 Å². The summed E-state index contributed by atoms with van der Waals surface area (Å²) in [6.45, 7) is 4.89. The van der Waals surface area contributed by atoms with Crippen LogP contribution in [0, 0.1) is 5.92 Å². The van der Waals surface area contributed by atoms with Gasteiger partial charge >= 0.3 is 0 Å². The van der Waals surface area contributed by atoms with Crippen molar-refractivity contribution in [2.45, 2.75) is 33.4 Å². The van der Waals surface area contributed by atoms with Gasteiger partial charge in [0.25, 0.3) is 6.43 Å². The number of rotatable bonds is 6. The SMILES string of the molecule is CC(C)COCc1cn(CC(F)F)c2ncccc12. The molecule has 0 spiro atoms. The lowest BCUT2D eigenvalue weighted by Crippen LogP contribution is -2.05. The van der Waals surface area contributed by atoms with Gasteiger partial charge in [0.2, 0.25) is 0 Å². The van der Waals surface area contributed by atoms with Crippen LogP contribution < -0.4 is 0 Å². The molecule has 0 N–H and O–H groups in total. The van der Waals surface area contributed by atoms with Crippen molar-refractivity contribution in [3.63, 3.8) is 0 Å². The van der Waals surface area contributed by atoms with Gasteiger partial charge in [-0.3, -0.25) is 0 Å². The fraction of sp³-hybridized carbons (Fsp3) is 0.500. The van der Waals surface area contributed by atoms with Crippen LogP contribution in [-0.4, -0.2) is 22.6 Å². The molecule has 0 atom stereocenters. The monoisotopic (exact) mass is 268 g/mol. The van der Waals surface area contributed by atoms with E-state index in [1.165, 1.54) is 4.57 Å². The highest BCUT2D eigenvalue weighted by atomic mass is 19.3. The summed E-state index contributed by atoms with van der Waals surface area (Å²) in [5.41, 5.74) is 1.50. The fourth-order valence-corrected chi connectivity index (χ4v) is 2.00. The quantitative estimate of drug-likeness (QED) is 0.802. The molecule has 0 amide bonds. The topological polar surface area (TPSA) is 27.1 Å². The predicted octanol–water partition coefficient (Wildman–Crippen LogP) is 3.47. The summed E-state index contributed by atoms with van der Waals surface area (Å²) in [6.07, 6.45) is 0.940. The molecule has 0 aromatic carbocycles. The van der Waals surface area contributed by atoms with Gasteiger partial charge in [-0.15, -0.1) is 0 Å². The second-order valence-electron chi connectivity index (χ2n) is 4.98. The zero-order chi connectivity index (χ0) is 13.8. The van der Waals surface area contributed by atoms with E-state index in [2.05, 4.69) is 18.8 Å². The van der Waals surface area contributed by atoms with Gasteiger partial charge in [0.1, 0.15) is 5.65 Å². The number of hydrogen-bond acceptors (Lipinski definition) is 2. The molecule has 19 heavy (non-hydrogen) atoms. The molecule has 104 valence electrons. The average molecular weight is 268 g/mol. The molecule has 2 aromatic heterocycles. The van der Waals surface area contributed by atoms with Gasteiger partial charge in [-0.25, -0.2) is 13.8 Å². The van der Waals surface area contributed by atoms with Crippen LogP contribution in [0.4, 0.5) is 8.78 Å². The lowest BCUT2D eigenvalue weighted by atomic mass is 10.2. The zero-order valence-electron chi connectivity index (χ0n) is 11.1. The number of alkyl halides is 2. The van der Waals surface area contributed by atoms with Crippen LogP contribution in [0.25, 0.3) is 11.0 Å². The Balaban J connectivity index is 2.23. The Morgan fingerprint density at radius 2 is 2.16 bits per heavy atom. The first-order valence-electron chi connectivity index (χ1n) is 6.36. The zero-order valence-corrected chi connectivity index (χ0v) is 11.1. The van der Waals surface area contributed by atoms with Gasteiger partial charge < -0.3 is 9.30 Å². The molecule has 0 fully saturated rings. The minimum atomic E-state index is -2.39. The van der Waals surface area contributed by atoms with E-state index >= 15 is 0 Å². The summed E-state index contributed by atoms with van der Waals surface area (Å²) in [6, 6.07) is 3.69. The van der Waals surface area contributed by atoms with Gasteiger partial charge in [0, 0.05) is 30.0 Å². The Bertz CT molecular complexity index is 537. The Morgan fingerprint density at radius 3 is 2.84 bits per heavy atom. The summed E-state index contributed by atoms with van der Waals surface area (Å²) in [7, 11) is 0. The third kappa shape index (κ3) is 3.50. The van der Waals surface area contributed by atoms with Crippen molar-refractivity contribution in [1.82, 2.24) is 9.55 Å². The molecule has 0 unspecified atom stereocenters.